The third-order valence-corrected chi connectivity index (χ3v) is 1.06. The van der Waals surface area contributed by atoms with Crippen LogP contribution in [0.2, 0.25) is 0 Å². The fraction of sp³-hybridized carbons (Fsp3) is 0.444. The minimum atomic E-state index is 0.539. The molecular formula is C9H15N. The second-order valence-corrected chi connectivity index (χ2v) is 1.88. The highest BCUT2D eigenvalue weighted by Gasteiger charge is 1.87. The van der Waals surface area contributed by atoms with E-state index in [2.05, 4.69) is 24.1 Å². The van der Waals surface area contributed by atoms with Crippen LogP contribution in [0.5, 0.6) is 0 Å². The van der Waals surface area contributed by atoms with Gasteiger partial charge in [-0.3, -0.25) is 4.99 Å². The van der Waals surface area contributed by atoms with Crippen LogP contribution in [0, 0.1) is 5.92 Å². The maximum Gasteiger partial charge on any atom is 0.0264 e. The summed E-state index contributed by atoms with van der Waals surface area (Å²) in [7, 11) is 0. The Hall–Kier alpha value is -0.850. The molecule has 0 spiro atoms. The number of allylic oxidation sites excluding steroid dienone is 3. The first-order valence-electron chi connectivity index (χ1n) is 3.76. The standard InChI is InChI=1S/C7H9N.C2H6/c1-7-3-2-5-8-6-4-7;1-2/h2-7H,1H3;1-2H3. The Morgan fingerprint density at radius 1 is 1.20 bits per heavy atom. The average Bonchev–Trinajstić information content (AvgIpc) is 2.21. The van der Waals surface area contributed by atoms with E-state index in [1.807, 2.05) is 26.1 Å². The zero-order valence-electron chi connectivity index (χ0n) is 6.91. The Kier molecular flexibility index (Phi) is 5.74. The molecule has 0 saturated heterocycles. The van der Waals surface area contributed by atoms with Crippen molar-refractivity contribution in [3.05, 3.63) is 24.4 Å². The lowest BCUT2D eigenvalue weighted by Crippen LogP contribution is -1.77. The first-order valence-corrected chi connectivity index (χ1v) is 3.76. The molecular weight excluding hydrogens is 122 g/mol. The van der Waals surface area contributed by atoms with Crippen molar-refractivity contribution in [3.63, 3.8) is 0 Å². The monoisotopic (exact) mass is 137 g/mol. The predicted octanol–water partition coefficient (Wildman–Crippen LogP) is 2.80. The number of hydrogen-bond acceptors (Lipinski definition) is 1. The summed E-state index contributed by atoms with van der Waals surface area (Å²) in [5, 5.41) is 0. The van der Waals surface area contributed by atoms with Crippen molar-refractivity contribution in [2.45, 2.75) is 20.8 Å². The minimum absolute atomic E-state index is 0.539. The SMILES string of the molecule is CC.CC1C=CC=NC=C1. The van der Waals surface area contributed by atoms with Crippen molar-refractivity contribution < 1.29 is 0 Å². The molecule has 0 bridgehead atoms. The van der Waals surface area contributed by atoms with E-state index in [4.69, 9.17) is 0 Å². The molecule has 10 heavy (non-hydrogen) atoms. The van der Waals surface area contributed by atoms with Gasteiger partial charge in [0, 0.05) is 12.4 Å². The summed E-state index contributed by atoms with van der Waals surface area (Å²) < 4.78 is 0. The Morgan fingerprint density at radius 3 is 2.60 bits per heavy atom. The molecule has 0 fully saturated rings. The molecule has 1 atom stereocenters. The van der Waals surface area contributed by atoms with Crippen molar-refractivity contribution in [2.24, 2.45) is 10.9 Å². The van der Waals surface area contributed by atoms with Crippen LogP contribution in [0.1, 0.15) is 20.8 Å². The van der Waals surface area contributed by atoms with E-state index >= 15 is 0 Å². The third kappa shape index (κ3) is 4.07. The number of nitrogens with zero attached hydrogens (tertiary/aromatic N) is 1. The third-order valence-electron chi connectivity index (χ3n) is 1.06. The van der Waals surface area contributed by atoms with Gasteiger partial charge < -0.3 is 0 Å². The molecule has 1 aliphatic heterocycles. The summed E-state index contributed by atoms with van der Waals surface area (Å²) in [6, 6.07) is 0. The smallest absolute Gasteiger partial charge is 0.0264 e. The van der Waals surface area contributed by atoms with Gasteiger partial charge in [0.15, 0.2) is 0 Å². The second kappa shape index (κ2) is 6.27. The Bertz CT molecular complexity index is 127. The van der Waals surface area contributed by atoms with Crippen molar-refractivity contribution in [1.82, 2.24) is 0 Å². The fourth-order valence-electron chi connectivity index (χ4n) is 0.574. The van der Waals surface area contributed by atoms with Gasteiger partial charge in [-0.25, -0.2) is 0 Å². The summed E-state index contributed by atoms with van der Waals surface area (Å²) in [5.74, 6) is 0.539. The second-order valence-electron chi connectivity index (χ2n) is 1.88. The van der Waals surface area contributed by atoms with Crippen LogP contribution < -0.4 is 0 Å². The van der Waals surface area contributed by atoms with Crippen LogP contribution in [0.15, 0.2) is 29.4 Å². The molecule has 0 aromatic carbocycles. The van der Waals surface area contributed by atoms with Crippen molar-refractivity contribution in [2.75, 3.05) is 0 Å². The Morgan fingerprint density at radius 2 is 1.90 bits per heavy atom. The number of rotatable bonds is 0. The van der Waals surface area contributed by atoms with Gasteiger partial charge in [0.05, 0.1) is 0 Å². The maximum absolute atomic E-state index is 3.93. The van der Waals surface area contributed by atoms with Crippen LogP contribution in [0.4, 0.5) is 0 Å². The Balaban J connectivity index is 0.000000371. The topological polar surface area (TPSA) is 12.4 Å². The molecule has 0 aromatic rings. The van der Waals surface area contributed by atoms with E-state index in [0.717, 1.165) is 0 Å². The first-order chi connectivity index (χ1) is 4.89. The van der Waals surface area contributed by atoms with Crippen LogP contribution in [-0.2, 0) is 0 Å². The van der Waals surface area contributed by atoms with Crippen molar-refractivity contribution >= 4 is 6.21 Å². The van der Waals surface area contributed by atoms with E-state index in [1.54, 1.807) is 6.21 Å². The molecule has 0 aliphatic carbocycles. The molecule has 1 heteroatoms. The molecule has 0 N–H and O–H groups in total. The van der Waals surface area contributed by atoms with E-state index in [1.165, 1.54) is 0 Å². The predicted molar refractivity (Wildman–Crippen MR) is 47.3 cm³/mol. The maximum atomic E-state index is 3.93. The van der Waals surface area contributed by atoms with E-state index in [9.17, 15) is 0 Å². The lowest BCUT2D eigenvalue weighted by Gasteiger charge is -1.89. The van der Waals surface area contributed by atoms with Crippen LogP contribution >= 0.6 is 0 Å². The van der Waals surface area contributed by atoms with Gasteiger partial charge in [0.25, 0.3) is 0 Å². The molecule has 0 amide bonds. The van der Waals surface area contributed by atoms with Gasteiger partial charge in [-0.1, -0.05) is 32.9 Å². The highest BCUT2D eigenvalue weighted by Crippen LogP contribution is 2.00. The summed E-state index contributed by atoms with van der Waals surface area (Å²) in [6.45, 7) is 6.13. The van der Waals surface area contributed by atoms with E-state index < -0.39 is 0 Å². The number of aliphatic imine (C=N–C) groups is 1. The largest absolute Gasteiger partial charge is 0.265 e. The van der Waals surface area contributed by atoms with Gasteiger partial charge >= 0.3 is 0 Å². The zero-order chi connectivity index (χ0) is 7.82. The molecule has 1 unspecified atom stereocenters. The summed E-state index contributed by atoms with van der Waals surface area (Å²) in [6.07, 6.45) is 9.74. The summed E-state index contributed by atoms with van der Waals surface area (Å²) >= 11 is 0. The molecule has 1 nitrogen and oxygen atoms in total. The van der Waals surface area contributed by atoms with Gasteiger partial charge in [0.1, 0.15) is 0 Å². The summed E-state index contributed by atoms with van der Waals surface area (Å²) in [5.41, 5.74) is 0. The van der Waals surface area contributed by atoms with Crippen molar-refractivity contribution in [3.8, 4) is 0 Å². The normalized spacial score (nSPS) is 21.3. The van der Waals surface area contributed by atoms with Gasteiger partial charge in [-0.2, -0.15) is 0 Å². The first kappa shape index (κ1) is 9.15. The quantitative estimate of drug-likeness (QED) is 0.487. The zero-order valence-corrected chi connectivity index (χ0v) is 6.91. The molecule has 56 valence electrons. The number of hydrogen-bond donors (Lipinski definition) is 0. The lowest BCUT2D eigenvalue weighted by atomic mass is 10.2. The highest BCUT2D eigenvalue weighted by molar-refractivity contribution is 5.72. The van der Waals surface area contributed by atoms with Crippen LogP contribution in [0.3, 0.4) is 0 Å². The van der Waals surface area contributed by atoms with E-state index in [-0.39, 0.29) is 0 Å². The highest BCUT2D eigenvalue weighted by atomic mass is 14.7. The Labute approximate surface area is 63.2 Å². The fourth-order valence-corrected chi connectivity index (χ4v) is 0.574. The van der Waals surface area contributed by atoms with Gasteiger partial charge in [-0.15, -0.1) is 0 Å². The van der Waals surface area contributed by atoms with E-state index in [0.29, 0.717) is 5.92 Å². The summed E-state index contributed by atoms with van der Waals surface area (Å²) in [4.78, 5) is 3.93. The minimum Gasteiger partial charge on any atom is -0.265 e. The van der Waals surface area contributed by atoms with Crippen LogP contribution in [-0.4, -0.2) is 6.21 Å². The lowest BCUT2D eigenvalue weighted by molar-refractivity contribution is 0.941. The van der Waals surface area contributed by atoms with Gasteiger partial charge in [0.2, 0.25) is 0 Å². The molecule has 0 saturated carbocycles. The molecule has 1 heterocycles. The molecule has 1 rings (SSSR count). The van der Waals surface area contributed by atoms with Crippen molar-refractivity contribution in [1.29, 1.82) is 0 Å². The van der Waals surface area contributed by atoms with Crippen LogP contribution in [0.25, 0.3) is 0 Å². The molecule has 0 radical (unpaired) electrons. The molecule has 1 aliphatic rings. The molecule has 0 aromatic heterocycles. The van der Waals surface area contributed by atoms with Gasteiger partial charge in [-0.05, 0) is 12.0 Å². The average molecular weight is 137 g/mol.